The van der Waals surface area contributed by atoms with Gasteiger partial charge in [-0.25, -0.2) is 9.18 Å². The van der Waals surface area contributed by atoms with Gasteiger partial charge in [0, 0.05) is 5.39 Å². The first kappa shape index (κ1) is 23.7. The molecule has 2 atom stereocenters. The number of hydrogen-bond acceptors (Lipinski definition) is 3. The number of hydrogen-bond donors (Lipinski definition) is 3. The Kier molecular flexibility index (Phi) is 5.64. The van der Waals surface area contributed by atoms with E-state index in [2.05, 4.69) is 10.6 Å². The number of rotatable bonds is 3. The van der Waals surface area contributed by atoms with E-state index in [9.17, 15) is 32.3 Å². The van der Waals surface area contributed by atoms with Gasteiger partial charge in [-0.05, 0) is 40.5 Å². The molecule has 0 fully saturated rings. The van der Waals surface area contributed by atoms with Gasteiger partial charge in [0.15, 0.2) is 11.9 Å². The number of urea groups is 1. The summed E-state index contributed by atoms with van der Waals surface area (Å²) in [4.78, 5) is 24.5. The number of aliphatic hydroxyl groups is 1. The molecule has 0 spiro atoms. The molecule has 3 aromatic carbocycles. The molecule has 1 aliphatic carbocycles. The Balaban J connectivity index is 1.79. The van der Waals surface area contributed by atoms with Gasteiger partial charge in [-0.2, -0.15) is 13.2 Å². The van der Waals surface area contributed by atoms with Crippen molar-refractivity contribution in [2.45, 2.75) is 43.5 Å². The smallest absolute Gasteiger partial charge is 0.379 e. The third-order valence-corrected chi connectivity index (χ3v) is 6.32. The van der Waals surface area contributed by atoms with Crippen LogP contribution in [0.1, 0.15) is 47.8 Å². The molecule has 0 radical (unpaired) electrons. The van der Waals surface area contributed by atoms with Crippen molar-refractivity contribution in [3.63, 3.8) is 0 Å². The van der Waals surface area contributed by atoms with Crippen LogP contribution in [0.3, 0.4) is 0 Å². The van der Waals surface area contributed by atoms with Crippen LogP contribution >= 0.6 is 0 Å². The molecule has 3 N–H and O–H groups in total. The van der Waals surface area contributed by atoms with Crippen LogP contribution in [0.15, 0.2) is 54.6 Å². The van der Waals surface area contributed by atoms with Gasteiger partial charge in [-0.3, -0.25) is 4.79 Å². The van der Waals surface area contributed by atoms with E-state index in [4.69, 9.17) is 0 Å². The van der Waals surface area contributed by atoms with E-state index in [0.717, 1.165) is 17.5 Å². The molecule has 178 valence electrons. The summed E-state index contributed by atoms with van der Waals surface area (Å²) in [6.45, 7) is 2.78. The molecule has 0 saturated heterocycles. The molecule has 0 aliphatic heterocycles. The Labute approximate surface area is 192 Å². The molecular formula is C25H22F4N2O3. The normalized spacial score (nSPS) is 21.6. The highest BCUT2D eigenvalue weighted by Gasteiger charge is 2.64. The van der Waals surface area contributed by atoms with Gasteiger partial charge in [0.05, 0.1) is 17.3 Å². The number of aldehydes is 1. The van der Waals surface area contributed by atoms with E-state index in [1.165, 1.54) is 13.8 Å². The van der Waals surface area contributed by atoms with Crippen molar-refractivity contribution in [1.82, 2.24) is 5.32 Å². The number of amides is 2. The second-order valence-electron chi connectivity index (χ2n) is 9.08. The molecule has 0 unspecified atom stereocenters. The molecule has 0 heterocycles. The van der Waals surface area contributed by atoms with Gasteiger partial charge in [0.1, 0.15) is 5.82 Å². The van der Waals surface area contributed by atoms with Crippen molar-refractivity contribution in [3.8, 4) is 0 Å². The Morgan fingerprint density at radius 1 is 1.09 bits per heavy atom. The minimum Gasteiger partial charge on any atom is -0.379 e. The number of fused-ring (bicyclic) bond motifs is 2. The quantitative estimate of drug-likeness (QED) is 0.340. The first-order valence-electron chi connectivity index (χ1n) is 10.5. The first-order chi connectivity index (χ1) is 15.9. The number of anilines is 1. The average molecular weight is 474 g/mol. The van der Waals surface area contributed by atoms with Gasteiger partial charge < -0.3 is 15.7 Å². The van der Waals surface area contributed by atoms with Crippen LogP contribution in [0.5, 0.6) is 0 Å². The van der Waals surface area contributed by atoms with E-state index in [-0.39, 0.29) is 17.4 Å². The molecule has 34 heavy (non-hydrogen) atoms. The van der Waals surface area contributed by atoms with Crippen molar-refractivity contribution >= 4 is 28.8 Å². The predicted octanol–water partition coefficient (Wildman–Crippen LogP) is 5.63. The van der Waals surface area contributed by atoms with E-state index < -0.39 is 47.1 Å². The molecule has 9 heteroatoms. The zero-order valence-electron chi connectivity index (χ0n) is 18.3. The van der Waals surface area contributed by atoms with Crippen LogP contribution in [0.2, 0.25) is 0 Å². The summed E-state index contributed by atoms with van der Waals surface area (Å²) in [5, 5.41) is 17.2. The lowest BCUT2D eigenvalue weighted by atomic mass is 9.62. The number of halogens is 4. The third-order valence-electron chi connectivity index (χ3n) is 6.32. The van der Waals surface area contributed by atoms with Crippen LogP contribution in [0.25, 0.3) is 10.8 Å². The summed E-state index contributed by atoms with van der Waals surface area (Å²) >= 11 is 0. The van der Waals surface area contributed by atoms with Crippen LogP contribution < -0.4 is 10.6 Å². The maximum Gasteiger partial charge on any atom is 0.419 e. The minimum absolute atomic E-state index is 0.0203. The van der Waals surface area contributed by atoms with E-state index in [1.807, 2.05) is 12.1 Å². The molecule has 1 aliphatic rings. The lowest BCUT2D eigenvalue weighted by Gasteiger charge is -2.49. The summed E-state index contributed by atoms with van der Waals surface area (Å²) in [5.74, 6) is -0.891. The number of nitrogens with one attached hydrogen (secondary N) is 2. The molecular weight excluding hydrogens is 452 g/mol. The number of alkyl halides is 3. The Morgan fingerprint density at radius 3 is 2.44 bits per heavy atom. The zero-order chi connectivity index (χ0) is 24.9. The maximum atomic E-state index is 14.4. The molecule has 0 aromatic heterocycles. The minimum atomic E-state index is -5.13. The summed E-state index contributed by atoms with van der Waals surface area (Å²) in [6.07, 6.45) is -5.78. The van der Waals surface area contributed by atoms with Crippen LogP contribution in [-0.2, 0) is 5.41 Å². The lowest BCUT2D eigenvalue weighted by molar-refractivity contribution is -0.280. The zero-order valence-corrected chi connectivity index (χ0v) is 18.3. The second kappa shape index (κ2) is 8.09. The molecule has 3 aromatic rings. The molecule has 4 rings (SSSR count). The standard InChI is InChI=1S/C25H22F4N2O3/c1-23(2)13-24(34,25(27,28)29)21(16-10-11-18(26)17(12-32)20(16)23)31-22(33)30-19-9-5-7-14-6-3-4-8-15(14)19/h3-12,21,34H,13H2,1-2H3,(H2,30,31,33)/t21-,24-/m0/s1. The highest BCUT2D eigenvalue weighted by atomic mass is 19.4. The topological polar surface area (TPSA) is 78.4 Å². The Morgan fingerprint density at radius 2 is 1.76 bits per heavy atom. The highest BCUT2D eigenvalue weighted by molar-refractivity contribution is 6.01. The molecule has 0 bridgehead atoms. The molecule has 5 nitrogen and oxygen atoms in total. The number of carbonyl (C=O) groups is 2. The second-order valence-corrected chi connectivity index (χ2v) is 9.08. The number of carbonyl (C=O) groups excluding carboxylic acids is 2. The highest BCUT2D eigenvalue weighted by Crippen LogP contribution is 2.54. The van der Waals surface area contributed by atoms with E-state index >= 15 is 0 Å². The van der Waals surface area contributed by atoms with Crippen LogP contribution in [-0.4, -0.2) is 29.2 Å². The Bertz CT molecular complexity index is 1280. The van der Waals surface area contributed by atoms with Crippen LogP contribution in [0, 0.1) is 5.82 Å². The van der Waals surface area contributed by atoms with Gasteiger partial charge in [0.2, 0.25) is 0 Å². The first-order valence-corrected chi connectivity index (χ1v) is 10.5. The van der Waals surface area contributed by atoms with Gasteiger partial charge in [-0.15, -0.1) is 0 Å². The summed E-state index contributed by atoms with van der Waals surface area (Å²) in [7, 11) is 0. The van der Waals surface area contributed by atoms with Gasteiger partial charge >= 0.3 is 12.2 Å². The van der Waals surface area contributed by atoms with Crippen molar-refractivity contribution < 1.29 is 32.3 Å². The van der Waals surface area contributed by atoms with E-state index in [0.29, 0.717) is 11.1 Å². The van der Waals surface area contributed by atoms with E-state index in [1.54, 1.807) is 30.3 Å². The third kappa shape index (κ3) is 3.79. The average Bonchev–Trinajstić information content (AvgIpc) is 2.76. The van der Waals surface area contributed by atoms with Gasteiger partial charge in [-0.1, -0.05) is 56.3 Å². The fourth-order valence-corrected chi connectivity index (χ4v) is 4.93. The predicted molar refractivity (Wildman–Crippen MR) is 119 cm³/mol. The van der Waals surface area contributed by atoms with Crippen molar-refractivity contribution in [2.75, 3.05) is 5.32 Å². The monoisotopic (exact) mass is 474 g/mol. The van der Waals surface area contributed by atoms with Crippen LogP contribution in [0.4, 0.5) is 28.0 Å². The van der Waals surface area contributed by atoms with Crippen molar-refractivity contribution in [3.05, 3.63) is 77.1 Å². The van der Waals surface area contributed by atoms with Crippen molar-refractivity contribution in [1.29, 1.82) is 0 Å². The fourth-order valence-electron chi connectivity index (χ4n) is 4.93. The molecule has 0 saturated carbocycles. The Hall–Kier alpha value is -3.46. The summed E-state index contributed by atoms with van der Waals surface area (Å²) in [5.41, 5.74) is -4.97. The summed E-state index contributed by atoms with van der Waals surface area (Å²) in [6, 6.07) is 11.2. The maximum absolute atomic E-state index is 14.4. The SMILES string of the molecule is CC1(C)C[C@@](O)(C(F)(F)F)[C@@H](NC(=O)Nc2cccc3ccccc23)c2ccc(F)c(C=O)c21. The summed E-state index contributed by atoms with van der Waals surface area (Å²) < 4.78 is 56.9. The van der Waals surface area contributed by atoms with Gasteiger partial charge in [0.25, 0.3) is 0 Å². The fraction of sp³-hybridized carbons (Fsp3) is 0.280. The molecule has 2 amide bonds. The lowest BCUT2D eigenvalue weighted by Crippen LogP contribution is -2.61. The largest absolute Gasteiger partial charge is 0.419 e. The number of benzene rings is 3. The van der Waals surface area contributed by atoms with Crippen molar-refractivity contribution in [2.24, 2.45) is 0 Å².